The lowest BCUT2D eigenvalue weighted by Gasteiger charge is -2.23. The Morgan fingerprint density at radius 1 is 1.23 bits per heavy atom. The Kier molecular flexibility index (Phi) is 7.02. The van der Waals surface area contributed by atoms with Crippen molar-refractivity contribution in [3.05, 3.63) is 58.9 Å². The number of nitrogen functional groups attached to an aromatic ring is 1. The normalized spacial score (nSPS) is 14.0. The molecule has 10 heteroatoms. The molecule has 6 N–H and O–H groups in total. The third-order valence-corrected chi connectivity index (χ3v) is 6.25. The second-order valence-electron chi connectivity index (χ2n) is 8.42. The maximum Gasteiger partial charge on any atom is 0.259 e. The molecule has 0 atom stereocenters. The van der Waals surface area contributed by atoms with E-state index in [0.717, 1.165) is 37.6 Å². The summed E-state index contributed by atoms with van der Waals surface area (Å²) in [6, 6.07) is 9.10. The zero-order chi connectivity index (χ0) is 25.1. The Labute approximate surface area is 202 Å². The molecule has 4 rings (SSSR count). The van der Waals surface area contributed by atoms with Gasteiger partial charge in [-0.1, -0.05) is 13.0 Å². The van der Waals surface area contributed by atoms with Gasteiger partial charge in [-0.05, 0) is 68.2 Å². The van der Waals surface area contributed by atoms with Crippen LogP contribution >= 0.6 is 0 Å². The number of aromatic nitrogens is 2. The number of amides is 2. The number of methoxy groups -OCH3 is 1. The molecule has 0 radical (unpaired) electrons. The summed E-state index contributed by atoms with van der Waals surface area (Å²) >= 11 is 0. The van der Waals surface area contributed by atoms with Crippen molar-refractivity contribution in [2.75, 3.05) is 31.2 Å². The summed E-state index contributed by atoms with van der Waals surface area (Å²) in [5.74, 6) is -1.16. The number of anilines is 2. The molecule has 1 fully saturated rings. The summed E-state index contributed by atoms with van der Waals surface area (Å²) in [5.41, 5.74) is 14.8. The molecule has 0 bridgehead atoms. The summed E-state index contributed by atoms with van der Waals surface area (Å²) in [5, 5.41) is 10.8. The van der Waals surface area contributed by atoms with Crippen LogP contribution in [-0.2, 0) is 6.42 Å². The number of nitrogens with zero attached hydrogens (tertiary/aromatic N) is 2. The molecule has 9 nitrogen and oxygen atoms in total. The summed E-state index contributed by atoms with van der Waals surface area (Å²) in [7, 11) is 1.42. The van der Waals surface area contributed by atoms with Crippen molar-refractivity contribution in [2.24, 2.45) is 5.73 Å². The second kappa shape index (κ2) is 10.1. The van der Waals surface area contributed by atoms with Crippen molar-refractivity contribution in [2.45, 2.75) is 32.2 Å². The van der Waals surface area contributed by atoms with Gasteiger partial charge >= 0.3 is 0 Å². The van der Waals surface area contributed by atoms with Crippen LogP contribution in [0.3, 0.4) is 0 Å². The maximum absolute atomic E-state index is 13.7. The fourth-order valence-corrected chi connectivity index (χ4v) is 4.46. The summed E-state index contributed by atoms with van der Waals surface area (Å²) in [4.78, 5) is 25.2. The number of piperidine rings is 1. The summed E-state index contributed by atoms with van der Waals surface area (Å²) in [6.45, 7) is 3.64. The third kappa shape index (κ3) is 4.83. The van der Waals surface area contributed by atoms with Crippen LogP contribution in [0.2, 0.25) is 0 Å². The highest BCUT2D eigenvalue weighted by atomic mass is 19.1. The van der Waals surface area contributed by atoms with E-state index in [1.54, 1.807) is 22.9 Å². The topological polar surface area (TPSA) is 137 Å². The van der Waals surface area contributed by atoms with Gasteiger partial charge in [0.1, 0.15) is 28.6 Å². The minimum Gasteiger partial charge on any atom is -0.496 e. The maximum atomic E-state index is 13.7. The zero-order valence-corrected chi connectivity index (χ0v) is 19.7. The van der Waals surface area contributed by atoms with Gasteiger partial charge in [0.25, 0.3) is 11.8 Å². The summed E-state index contributed by atoms with van der Waals surface area (Å²) in [6.07, 6.45) is 2.29. The number of nitrogens with one attached hydrogen (secondary N) is 2. The molecule has 2 heterocycles. The average molecular weight is 481 g/mol. The van der Waals surface area contributed by atoms with Gasteiger partial charge in [0, 0.05) is 11.3 Å². The molecule has 35 heavy (non-hydrogen) atoms. The van der Waals surface area contributed by atoms with Crippen LogP contribution in [0, 0.1) is 5.82 Å². The SMILES string of the molecule is CCc1cc(NC(=O)c2cc(F)ccc2OC)ccc1-c1nn(C2CCNCC2)c(N)c1C(N)=O. The Hall–Kier alpha value is -3.92. The lowest BCUT2D eigenvalue weighted by atomic mass is 9.98. The van der Waals surface area contributed by atoms with E-state index in [1.807, 2.05) is 6.92 Å². The van der Waals surface area contributed by atoms with Crippen LogP contribution in [0.5, 0.6) is 5.75 Å². The van der Waals surface area contributed by atoms with Crippen LogP contribution in [0.1, 0.15) is 52.1 Å². The van der Waals surface area contributed by atoms with Gasteiger partial charge in [-0.2, -0.15) is 5.10 Å². The number of halogens is 1. The minimum absolute atomic E-state index is 0.0768. The first-order chi connectivity index (χ1) is 16.8. The lowest BCUT2D eigenvalue weighted by Crippen LogP contribution is -2.30. The highest BCUT2D eigenvalue weighted by Crippen LogP contribution is 2.34. The van der Waals surface area contributed by atoms with Gasteiger partial charge < -0.3 is 26.8 Å². The number of carbonyl (C=O) groups excluding carboxylic acids is 2. The number of rotatable bonds is 7. The van der Waals surface area contributed by atoms with Crippen molar-refractivity contribution in [1.29, 1.82) is 0 Å². The molecule has 1 aromatic heterocycles. The fraction of sp³-hybridized carbons (Fsp3) is 0.320. The molecule has 2 amide bonds. The first-order valence-corrected chi connectivity index (χ1v) is 11.5. The Morgan fingerprint density at radius 2 is 1.97 bits per heavy atom. The standard InChI is InChI=1S/C25H29FN6O3/c1-3-14-12-16(30-25(34)19-13-15(26)4-7-20(19)35-2)5-6-18(14)22-21(24(28)33)23(27)32(31-22)17-8-10-29-11-9-17/h4-7,12-13,17,29H,3,8-11,27H2,1-2H3,(H2,28,33)(H,30,34). The van der Waals surface area contributed by atoms with E-state index >= 15 is 0 Å². The van der Waals surface area contributed by atoms with Crippen molar-refractivity contribution >= 4 is 23.3 Å². The smallest absolute Gasteiger partial charge is 0.259 e. The zero-order valence-electron chi connectivity index (χ0n) is 19.7. The molecule has 3 aromatic rings. The Morgan fingerprint density at radius 3 is 2.63 bits per heavy atom. The summed E-state index contributed by atoms with van der Waals surface area (Å²) < 4.78 is 20.6. The van der Waals surface area contributed by atoms with Crippen LogP contribution in [0.25, 0.3) is 11.3 Å². The highest BCUT2D eigenvalue weighted by Gasteiger charge is 2.27. The molecule has 1 saturated heterocycles. The molecule has 1 aliphatic heterocycles. The average Bonchev–Trinajstić information content (AvgIpc) is 3.21. The third-order valence-electron chi connectivity index (χ3n) is 6.25. The van der Waals surface area contributed by atoms with Gasteiger partial charge in [-0.15, -0.1) is 0 Å². The molecular weight excluding hydrogens is 451 g/mol. The van der Waals surface area contributed by atoms with Gasteiger partial charge in [0.05, 0.1) is 18.7 Å². The van der Waals surface area contributed by atoms with E-state index in [9.17, 15) is 14.0 Å². The number of ether oxygens (including phenoxy) is 1. The Balaban J connectivity index is 1.69. The second-order valence-corrected chi connectivity index (χ2v) is 8.42. The van der Waals surface area contributed by atoms with Crippen molar-refractivity contribution < 1.29 is 18.7 Å². The first kappa shape index (κ1) is 24.2. The number of aryl methyl sites for hydroxylation is 1. The molecular formula is C25H29FN6O3. The van der Waals surface area contributed by atoms with E-state index < -0.39 is 17.6 Å². The number of nitrogens with two attached hydrogens (primary N) is 2. The molecule has 184 valence electrons. The largest absolute Gasteiger partial charge is 0.496 e. The monoisotopic (exact) mass is 480 g/mol. The predicted molar refractivity (Wildman–Crippen MR) is 132 cm³/mol. The number of hydrogen-bond donors (Lipinski definition) is 4. The molecule has 1 aliphatic rings. The van der Waals surface area contributed by atoms with Gasteiger partial charge in [-0.25, -0.2) is 9.07 Å². The van der Waals surface area contributed by atoms with Gasteiger partial charge in [0.15, 0.2) is 0 Å². The molecule has 0 aliphatic carbocycles. The predicted octanol–water partition coefficient (Wildman–Crippen LogP) is 3.12. The quantitative estimate of drug-likeness (QED) is 0.410. The molecule has 0 spiro atoms. The van der Waals surface area contributed by atoms with Crippen LogP contribution in [0.4, 0.5) is 15.9 Å². The van der Waals surface area contributed by atoms with Gasteiger partial charge in [-0.3, -0.25) is 9.59 Å². The van der Waals surface area contributed by atoms with Crippen molar-refractivity contribution in [3.63, 3.8) is 0 Å². The number of carbonyl (C=O) groups is 2. The lowest BCUT2D eigenvalue weighted by molar-refractivity contribution is 0.0998. The van der Waals surface area contributed by atoms with Crippen LogP contribution in [-0.4, -0.2) is 41.8 Å². The van der Waals surface area contributed by atoms with E-state index in [4.69, 9.17) is 21.3 Å². The number of hydrogen-bond acceptors (Lipinski definition) is 6. The van der Waals surface area contributed by atoms with E-state index in [-0.39, 0.29) is 28.7 Å². The van der Waals surface area contributed by atoms with Crippen LogP contribution < -0.4 is 26.8 Å². The molecule has 0 saturated carbocycles. The first-order valence-electron chi connectivity index (χ1n) is 11.5. The van der Waals surface area contributed by atoms with Crippen molar-refractivity contribution in [1.82, 2.24) is 15.1 Å². The number of benzene rings is 2. The number of primary amides is 1. The van der Waals surface area contributed by atoms with E-state index in [0.29, 0.717) is 23.4 Å². The fourth-order valence-electron chi connectivity index (χ4n) is 4.46. The minimum atomic E-state index is -0.643. The van der Waals surface area contributed by atoms with Crippen LogP contribution in [0.15, 0.2) is 36.4 Å². The molecule has 2 aromatic carbocycles. The Bertz CT molecular complexity index is 1270. The van der Waals surface area contributed by atoms with E-state index in [2.05, 4.69) is 10.6 Å². The van der Waals surface area contributed by atoms with Gasteiger partial charge in [0.2, 0.25) is 0 Å². The molecule has 0 unspecified atom stereocenters. The van der Waals surface area contributed by atoms with E-state index in [1.165, 1.54) is 19.2 Å². The van der Waals surface area contributed by atoms with Crippen molar-refractivity contribution in [3.8, 4) is 17.0 Å². The highest BCUT2D eigenvalue weighted by molar-refractivity contribution is 6.07.